The molecule has 0 aliphatic heterocycles. The second-order valence-corrected chi connectivity index (χ2v) is 7.33. The Hall–Kier alpha value is -3.61. The predicted molar refractivity (Wildman–Crippen MR) is 113 cm³/mol. The molecular weight excluding hydrogens is 385 g/mol. The van der Waals surface area contributed by atoms with Gasteiger partial charge < -0.3 is 20.0 Å². The van der Waals surface area contributed by atoms with Crippen molar-refractivity contribution >= 4 is 33.7 Å². The Kier molecular flexibility index (Phi) is 5.03. The fraction of sp³-hybridized carbons (Fsp3) is 0.217. The topological polar surface area (TPSA) is 87.0 Å². The van der Waals surface area contributed by atoms with E-state index in [1.165, 1.54) is 13.2 Å². The highest BCUT2D eigenvalue weighted by Gasteiger charge is 2.15. The second kappa shape index (κ2) is 7.67. The van der Waals surface area contributed by atoms with Crippen LogP contribution in [0.25, 0.3) is 21.8 Å². The third-order valence-electron chi connectivity index (χ3n) is 5.38. The lowest BCUT2D eigenvalue weighted by molar-refractivity contribution is 0.0600. The van der Waals surface area contributed by atoms with Crippen molar-refractivity contribution in [3.05, 3.63) is 70.3 Å². The number of H-pyrrole nitrogens is 2. The van der Waals surface area contributed by atoms with Gasteiger partial charge in [0.1, 0.15) is 11.5 Å². The van der Waals surface area contributed by atoms with E-state index in [0.717, 1.165) is 27.6 Å². The first-order valence-electron chi connectivity index (χ1n) is 9.64. The number of amides is 1. The monoisotopic (exact) mass is 407 g/mol. The number of halogens is 1. The number of aromatic amines is 2. The van der Waals surface area contributed by atoms with Crippen LogP contribution in [0.5, 0.6) is 0 Å². The van der Waals surface area contributed by atoms with Crippen LogP contribution < -0.4 is 5.32 Å². The Morgan fingerprint density at radius 1 is 1.10 bits per heavy atom. The lowest BCUT2D eigenvalue weighted by Gasteiger charge is -2.06. The summed E-state index contributed by atoms with van der Waals surface area (Å²) in [5, 5.41) is 4.61. The number of benzene rings is 2. The highest BCUT2D eigenvalue weighted by Crippen LogP contribution is 2.28. The Balaban J connectivity index is 1.49. The fourth-order valence-corrected chi connectivity index (χ4v) is 3.85. The van der Waals surface area contributed by atoms with Crippen LogP contribution >= 0.6 is 0 Å². The molecule has 3 N–H and O–H groups in total. The van der Waals surface area contributed by atoms with Crippen molar-refractivity contribution in [3.63, 3.8) is 0 Å². The molecule has 154 valence electrons. The molecule has 4 rings (SSSR count). The average Bonchev–Trinajstić information content (AvgIpc) is 3.31. The van der Waals surface area contributed by atoms with Gasteiger partial charge in [0.15, 0.2) is 0 Å². The molecule has 6 nitrogen and oxygen atoms in total. The molecule has 0 atom stereocenters. The van der Waals surface area contributed by atoms with E-state index in [9.17, 15) is 14.0 Å². The quantitative estimate of drug-likeness (QED) is 0.434. The van der Waals surface area contributed by atoms with E-state index in [-0.39, 0.29) is 11.7 Å². The Morgan fingerprint density at radius 2 is 1.90 bits per heavy atom. The SMILES string of the molecule is COC(=O)c1ccc2cc(C(=O)NCCc3c(C)[nH]c4c(F)ccc(C)c34)[nH]c2c1. The summed E-state index contributed by atoms with van der Waals surface area (Å²) < 4.78 is 18.8. The van der Waals surface area contributed by atoms with E-state index < -0.39 is 5.97 Å². The average molecular weight is 407 g/mol. The van der Waals surface area contributed by atoms with Gasteiger partial charge in [0, 0.05) is 28.5 Å². The van der Waals surface area contributed by atoms with E-state index in [1.54, 1.807) is 30.3 Å². The van der Waals surface area contributed by atoms with Crippen LogP contribution in [-0.4, -0.2) is 35.5 Å². The summed E-state index contributed by atoms with van der Waals surface area (Å²) in [4.78, 5) is 30.4. The molecule has 30 heavy (non-hydrogen) atoms. The van der Waals surface area contributed by atoms with Crippen molar-refractivity contribution in [2.45, 2.75) is 20.3 Å². The van der Waals surface area contributed by atoms with Crippen molar-refractivity contribution in [2.75, 3.05) is 13.7 Å². The number of carbonyl (C=O) groups excluding carboxylic acids is 2. The van der Waals surface area contributed by atoms with E-state index in [4.69, 9.17) is 4.74 Å². The summed E-state index contributed by atoms with van der Waals surface area (Å²) in [6.45, 7) is 4.27. The lowest BCUT2D eigenvalue weighted by atomic mass is 10.0. The number of aromatic nitrogens is 2. The number of hydrogen-bond donors (Lipinski definition) is 3. The molecule has 1 amide bonds. The molecule has 0 saturated heterocycles. The Bertz CT molecular complexity index is 1290. The smallest absolute Gasteiger partial charge is 0.337 e. The fourth-order valence-electron chi connectivity index (χ4n) is 3.85. The van der Waals surface area contributed by atoms with Gasteiger partial charge in [-0.25, -0.2) is 9.18 Å². The zero-order chi connectivity index (χ0) is 21.4. The van der Waals surface area contributed by atoms with E-state index in [0.29, 0.717) is 35.3 Å². The van der Waals surface area contributed by atoms with Gasteiger partial charge in [-0.05, 0) is 55.7 Å². The molecule has 0 unspecified atom stereocenters. The van der Waals surface area contributed by atoms with Crippen LogP contribution in [0.3, 0.4) is 0 Å². The molecule has 7 heteroatoms. The number of methoxy groups -OCH3 is 1. The van der Waals surface area contributed by atoms with Crippen molar-refractivity contribution < 1.29 is 18.7 Å². The molecule has 0 aliphatic rings. The van der Waals surface area contributed by atoms with Crippen LogP contribution in [0, 0.1) is 19.7 Å². The number of hydrogen-bond acceptors (Lipinski definition) is 3. The normalized spacial score (nSPS) is 11.2. The number of carbonyl (C=O) groups is 2. The van der Waals surface area contributed by atoms with Crippen LogP contribution in [0.2, 0.25) is 0 Å². The molecule has 2 aromatic carbocycles. The Labute approximate surface area is 172 Å². The third kappa shape index (κ3) is 3.43. The van der Waals surface area contributed by atoms with Gasteiger partial charge in [-0.2, -0.15) is 0 Å². The number of esters is 1. The molecule has 0 radical (unpaired) electrons. The van der Waals surface area contributed by atoms with E-state index in [2.05, 4.69) is 15.3 Å². The predicted octanol–water partition coefficient (Wildman–Crippen LogP) is 4.16. The number of nitrogens with one attached hydrogen (secondary N) is 3. The summed E-state index contributed by atoms with van der Waals surface area (Å²) in [6, 6.07) is 10.0. The molecule has 0 saturated carbocycles. The molecule has 2 heterocycles. The summed E-state index contributed by atoms with van der Waals surface area (Å²) >= 11 is 0. The van der Waals surface area contributed by atoms with E-state index in [1.807, 2.05) is 13.8 Å². The minimum Gasteiger partial charge on any atom is -0.465 e. The van der Waals surface area contributed by atoms with Crippen molar-refractivity contribution in [3.8, 4) is 0 Å². The second-order valence-electron chi connectivity index (χ2n) is 7.33. The number of rotatable bonds is 5. The zero-order valence-electron chi connectivity index (χ0n) is 17.0. The lowest BCUT2D eigenvalue weighted by Crippen LogP contribution is -2.26. The molecule has 0 bridgehead atoms. The maximum absolute atomic E-state index is 14.1. The minimum absolute atomic E-state index is 0.244. The molecule has 0 aliphatic carbocycles. The van der Waals surface area contributed by atoms with Gasteiger partial charge in [0.05, 0.1) is 18.2 Å². The largest absolute Gasteiger partial charge is 0.465 e. The first-order chi connectivity index (χ1) is 14.4. The van der Waals surface area contributed by atoms with Gasteiger partial charge in [-0.3, -0.25) is 4.79 Å². The third-order valence-corrected chi connectivity index (χ3v) is 5.38. The maximum atomic E-state index is 14.1. The molecule has 0 fully saturated rings. The minimum atomic E-state index is -0.432. The highest BCUT2D eigenvalue weighted by atomic mass is 19.1. The summed E-state index contributed by atoms with van der Waals surface area (Å²) in [6.07, 6.45) is 0.578. The van der Waals surface area contributed by atoms with E-state index >= 15 is 0 Å². The summed E-state index contributed by atoms with van der Waals surface area (Å²) in [7, 11) is 1.32. The molecule has 0 spiro atoms. The van der Waals surface area contributed by atoms with Crippen molar-refractivity contribution in [1.29, 1.82) is 0 Å². The van der Waals surface area contributed by atoms with Gasteiger partial charge in [0.25, 0.3) is 5.91 Å². The standard InChI is InChI=1S/C23H22FN3O3/c1-12-4-7-17(24)21-20(12)16(13(2)26-21)8-9-25-22(28)19-10-14-5-6-15(23(29)30-3)11-18(14)27-19/h4-7,10-11,26-27H,8-9H2,1-3H3,(H,25,28). The molecule has 4 aromatic rings. The van der Waals surface area contributed by atoms with Gasteiger partial charge >= 0.3 is 5.97 Å². The van der Waals surface area contributed by atoms with Crippen molar-refractivity contribution in [2.24, 2.45) is 0 Å². The number of ether oxygens (including phenoxy) is 1. The first kappa shape index (κ1) is 19.7. The molecular formula is C23H22FN3O3. The van der Waals surface area contributed by atoms with Gasteiger partial charge in [-0.1, -0.05) is 12.1 Å². The highest BCUT2D eigenvalue weighted by molar-refractivity contribution is 6.00. The van der Waals surface area contributed by atoms with Gasteiger partial charge in [0.2, 0.25) is 0 Å². The zero-order valence-corrected chi connectivity index (χ0v) is 17.0. The number of aryl methyl sites for hydroxylation is 2. The van der Waals surface area contributed by atoms with Crippen LogP contribution in [0.1, 0.15) is 37.7 Å². The van der Waals surface area contributed by atoms with Crippen LogP contribution in [0.4, 0.5) is 4.39 Å². The summed E-state index contributed by atoms with van der Waals surface area (Å²) in [5.41, 5.74) is 4.90. The van der Waals surface area contributed by atoms with Gasteiger partial charge in [-0.15, -0.1) is 0 Å². The van der Waals surface area contributed by atoms with Crippen LogP contribution in [0.15, 0.2) is 36.4 Å². The first-order valence-corrected chi connectivity index (χ1v) is 9.64. The van der Waals surface area contributed by atoms with Crippen LogP contribution in [-0.2, 0) is 11.2 Å². The summed E-state index contributed by atoms with van der Waals surface area (Å²) in [5.74, 6) is -0.956. The Morgan fingerprint density at radius 3 is 2.67 bits per heavy atom. The molecule has 2 aromatic heterocycles. The maximum Gasteiger partial charge on any atom is 0.337 e. The van der Waals surface area contributed by atoms with Crippen molar-refractivity contribution in [1.82, 2.24) is 15.3 Å². The number of fused-ring (bicyclic) bond motifs is 2.